The van der Waals surface area contributed by atoms with Crippen molar-refractivity contribution in [3.63, 3.8) is 0 Å². The average molecular weight is 392 g/mol. The number of likely N-dealkylation sites (N-methyl/N-ethyl adjacent to an activating group) is 1. The Balaban J connectivity index is 1.91. The number of ether oxygens (including phenoxy) is 2. The van der Waals surface area contributed by atoms with Crippen molar-refractivity contribution in [3.05, 3.63) is 54.1 Å². The third-order valence-electron chi connectivity index (χ3n) is 3.86. The summed E-state index contributed by atoms with van der Waals surface area (Å²) >= 11 is 0. The number of hydrogen-bond donors (Lipinski definition) is 1. The van der Waals surface area contributed by atoms with Crippen LogP contribution in [-0.2, 0) is 21.4 Å². The maximum atomic E-state index is 12.5. The highest BCUT2D eigenvalue weighted by Crippen LogP contribution is 2.18. The van der Waals surface area contributed by atoms with Gasteiger partial charge >= 0.3 is 0 Å². The number of carbonyl (C=O) groups is 1. The quantitative estimate of drug-likeness (QED) is 0.706. The number of rotatable bonds is 9. The molecular weight excluding hydrogens is 368 g/mol. The van der Waals surface area contributed by atoms with E-state index < -0.39 is 10.0 Å². The third kappa shape index (κ3) is 5.70. The summed E-state index contributed by atoms with van der Waals surface area (Å²) in [6, 6.07) is 13.4. The SMILES string of the molecule is CCOc1ccc(CNC(=O)CN(C)S(=O)(=O)c2ccc(OC)cc2)cc1. The second-order valence-corrected chi connectivity index (χ2v) is 7.84. The molecule has 0 spiro atoms. The molecule has 0 atom stereocenters. The van der Waals surface area contributed by atoms with Crippen molar-refractivity contribution in [1.82, 2.24) is 9.62 Å². The minimum Gasteiger partial charge on any atom is -0.497 e. The van der Waals surface area contributed by atoms with Crippen molar-refractivity contribution in [2.45, 2.75) is 18.4 Å². The van der Waals surface area contributed by atoms with Gasteiger partial charge in [-0.3, -0.25) is 4.79 Å². The number of nitrogens with zero attached hydrogens (tertiary/aromatic N) is 1. The van der Waals surface area contributed by atoms with Crippen LogP contribution >= 0.6 is 0 Å². The minimum absolute atomic E-state index is 0.102. The van der Waals surface area contributed by atoms with Gasteiger partial charge in [-0.1, -0.05) is 12.1 Å². The Hall–Kier alpha value is -2.58. The Morgan fingerprint density at radius 2 is 1.63 bits per heavy atom. The zero-order chi connectivity index (χ0) is 19.9. The first-order valence-electron chi connectivity index (χ1n) is 8.45. The number of amides is 1. The van der Waals surface area contributed by atoms with Crippen LogP contribution in [0.25, 0.3) is 0 Å². The maximum Gasteiger partial charge on any atom is 0.243 e. The van der Waals surface area contributed by atoms with E-state index in [9.17, 15) is 13.2 Å². The molecule has 0 aliphatic heterocycles. The summed E-state index contributed by atoms with van der Waals surface area (Å²) in [6.45, 7) is 2.53. The monoisotopic (exact) mass is 392 g/mol. The van der Waals surface area contributed by atoms with Crippen molar-refractivity contribution in [3.8, 4) is 11.5 Å². The highest BCUT2D eigenvalue weighted by Gasteiger charge is 2.22. The molecule has 1 amide bonds. The van der Waals surface area contributed by atoms with Crippen LogP contribution in [0.4, 0.5) is 0 Å². The molecule has 2 aromatic rings. The van der Waals surface area contributed by atoms with Crippen LogP contribution in [0.5, 0.6) is 11.5 Å². The molecule has 1 N–H and O–H groups in total. The largest absolute Gasteiger partial charge is 0.497 e. The van der Waals surface area contributed by atoms with Gasteiger partial charge in [0.05, 0.1) is 25.2 Å². The maximum absolute atomic E-state index is 12.5. The normalized spacial score (nSPS) is 11.3. The van der Waals surface area contributed by atoms with Crippen LogP contribution in [0, 0.1) is 0 Å². The molecule has 0 radical (unpaired) electrons. The summed E-state index contributed by atoms with van der Waals surface area (Å²) in [5.74, 6) is 0.936. The van der Waals surface area contributed by atoms with Crippen LogP contribution < -0.4 is 14.8 Å². The second-order valence-electron chi connectivity index (χ2n) is 5.79. The summed E-state index contributed by atoms with van der Waals surface area (Å²) in [4.78, 5) is 12.2. The number of methoxy groups -OCH3 is 1. The van der Waals surface area contributed by atoms with Crippen LogP contribution in [0.15, 0.2) is 53.4 Å². The standard InChI is InChI=1S/C19H24N2O5S/c1-4-26-17-7-5-15(6-8-17)13-20-19(22)14-21(2)27(23,24)18-11-9-16(25-3)10-12-18/h5-12H,4,13-14H2,1-3H3,(H,20,22). The predicted molar refractivity (Wildman–Crippen MR) is 102 cm³/mol. The lowest BCUT2D eigenvalue weighted by molar-refractivity contribution is -0.121. The fourth-order valence-corrected chi connectivity index (χ4v) is 3.47. The molecule has 146 valence electrons. The lowest BCUT2D eigenvalue weighted by Crippen LogP contribution is -2.38. The van der Waals surface area contributed by atoms with Crippen molar-refractivity contribution >= 4 is 15.9 Å². The molecule has 0 aliphatic carbocycles. The van der Waals surface area contributed by atoms with E-state index in [1.165, 1.54) is 26.3 Å². The van der Waals surface area contributed by atoms with Crippen LogP contribution in [0.2, 0.25) is 0 Å². The molecule has 0 heterocycles. The van der Waals surface area contributed by atoms with Gasteiger partial charge in [-0.05, 0) is 48.9 Å². The zero-order valence-corrected chi connectivity index (χ0v) is 16.5. The Kier molecular flexibility index (Phi) is 7.20. The van der Waals surface area contributed by atoms with Gasteiger partial charge in [0, 0.05) is 13.6 Å². The van der Waals surface area contributed by atoms with Gasteiger partial charge in [0.25, 0.3) is 0 Å². The number of nitrogens with one attached hydrogen (secondary N) is 1. The van der Waals surface area contributed by atoms with E-state index >= 15 is 0 Å². The molecule has 0 saturated heterocycles. The molecule has 0 saturated carbocycles. The molecule has 2 aromatic carbocycles. The zero-order valence-electron chi connectivity index (χ0n) is 15.6. The molecule has 7 nitrogen and oxygen atoms in total. The Bertz CT molecular complexity index is 849. The molecule has 0 bridgehead atoms. The molecule has 27 heavy (non-hydrogen) atoms. The summed E-state index contributed by atoms with van der Waals surface area (Å²) < 4.78 is 36.5. The van der Waals surface area contributed by atoms with E-state index in [0.717, 1.165) is 15.6 Å². The van der Waals surface area contributed by atoms with Gasteiger partial charge in [0.2, 0.25) is 15.9 Å². The van der Waals surface area contributed by atoms with Crippen LogP contribution in [0.1, 0.15) is 12.5 Å². The second kappa shape index (κ2) is 9.38. The van der Waals surface area contributed by atoms with Gasteiger partial charge in [-0.15, -0.1) is 0 Å². The summed E-state index contributed by atoms with van der Waals surface area (Å²) in [5.41, 5.74) is 0.896. The van der Waals surface area contributed by atoms with E-state index in [1.807, 2.05) is 31.2 Å². The average Bonchev–Trinajstić information content (AvgIpc) is 2.67. The van der Waals surface area contributed by atoms with Crippen molar-refractivity contribution in [1.29, 1.82) is 0 Å². The fourth-order valence-electron chi connectivity index (χ4n) is 2.34. The molecule has 2 rings (SSSR count). The Morgan fingerprint density at radius 3 is 2.19 bits per heavy atom. The van der Waals surface area contributed by atoms with Crippen LogP contribution in [0.3, 0.4) is 0 Å². The molecule has 0 aromatic heterocycles. The smallest absolute Gasteiger partial charge is 0.243 e. The first-order chi connectivity index (χ1) is 12.9. The summed E-state index contributed by atoms with van der Waals surface area (Å²) in [6.07, 6.45) is 0. The highest BCUT2D eigenvalue weighted by molar-refractivity contribution is 7.89. The molecule has 8 heteroatoms. The van der Waals surface area contributed by atoms with Gasteiger partial charge in [-0.25, -0.2) is 8.42 Å². The number of sulfonamides is 1. The number of carbonyl (C=O) groups excluding carboxylic acids is 1. The lowest BCUT2D eigenvalue weighted by Gasteiger charge is -2.17. The van der Waals surface area contributed by atoms with Crippen LogP contribution in [-0.4, -0.2) is 45.9 Å². The number of hydrogen-bond acceptors (Lipinski definition) is 5. The molecule has 0 unspecified atom stereocenters. The predicted octanol–water partition coefficient (Wildman–Crippen LogP) is 2.03. The first kappa shape index (κ1) is 20.7. The third-order valence-corrected chi connectivity index (χ3v) is 5.68. The van der Waals surface area contributed by atoms with E-state index in [4.69, 9.17) is 9.47 Å². The molecular formula is C19H24N2O5S. The topological polar surface area (TPSA) is 84.9 Å². The summed E-state index contributed by atoms with van der Waals surface area (Å²) in [5, 5.41) is 2.72. The van der Waals surface area contributed by atoms with Crippen molar-refractivity contribution in [2.75, 3.05) is 27.3 Å². The van der Waals surface area contributed by atoms with E-state index in [0.29, 0.717) is 18.9 Å². The van der Waals surface area contributed by atoms with E-state index in [2.05, 4.69) is 5.32 Å². The number of benzene rings is 2. The van der Waals surface area contributed by atoms with Gasteiger partial charge < -0.3 is 14.8 Å². The van der Waals surface area contributed by atoms with Gasteiger partial charge in [0.15, 0.2) is 0 Å². The van der Waals surface area contributed by atoms with Crippen molar-refractivity contribution in [2.24, 2.45) is 0 Å². The fraction of sp³-hybridized carbons (Fsp3) is 0.316. The van der Waals surface area contributed by atoms with E-state index in [1.54, 1.807) is 12.1 Å². The summed E-state index contributed by atoms with van der Waals surface area (Å²) in [7, 11) is -0.878. The van der Waals surface area contributed by atoms with Gasteiger partial charge in [-0.2, -0.15) is 4.31 Å². The first-order valence-corrected chi connectivity index (χ1v) is 9.89. The van der Waals surface area contributed by atoms with Crippen molar-refractivity contribution < 1.29 is 22.7 Å². The Morgan fingerprint density at radius 1 is 1.04 bits per heavy atom. The highest BCUT2D eigenvalue weighted by atomic mass is 32.2. The minimum atomic E-state index is -3.75. The lowest BCUT2D eigenvalue weighted by atomic mass is 10.2. The molecule has 0 fully saturated rings. The Labute approximate surface area is 160 Å². The molecule has 0 aliphatic rings. The van der Waals surface area contributed by atoms with E-state index in [-0.39, 0.29) is 17.3 Å². The van der Waals surface area contributed by atoms with Gasteiger partial charge in [0.1, 0.15) is 11.5 Å².